The second kappa shape index (κ2) is 62.7. The van der Waals surface area contributed by atoms with Crippen LogP contribution in [0.4, 0.5) is 0 Å². The van der Waals surface area contributed by atoms with E-state index in [9.17, 15) is 45.6 Å². The molecule has 2 aliphatic heterocycles. The smallest absolute Gasteiger partial charge is 0.220 e. The van der Waals surface area contributed by atoms with Crippen LogP contribution in [0, 0.1) is 0 Å². The number of aliphatic hydroxyl groups excluding tert-OH is 8. The van der Waals surface area contributed by atoms with Crippen molar-refractivity contribution in [2.24, 2.45) is 0 Å². The van der Waals surface area contributed by atoms with Crippen molar-refractivity contribution in [3.63, 3.8) is 0 Å². The van der Waals surface area contributed by atoms with E-state index >= 15 is 0 Å². The predicted octanol–water partition coefficient (Wildman–Crippen LogP) is 16.7. The number of amides is 1. The maximum absolute atomic E-state index is 13.4. The number of carbonyl (C=O) groups excluding carboxylic acids is 1. The molecule has 2 fully saturated rings. The van der Waals surface area contributed by atoms with Crippen LogP contribution in [-0.4, -0.2) is 140 Å². The number of aliphatic hydroxyl groups is 8. The van der Waals surface area contributed by atoms with E-state index < -0.39 is 86.8 Å². The Morgan fingerprint density at radius 3 is 1.18 bits per heavy atom. The molecule has 0 aromatic rings. The SMILES string of the molecule is CC/C=C\C/C=C\C/C=C\C/C=C\CCCCCCCCCCCCCCCCCCCCCCCCC(=O)NC(COC1OC(CO)C(OC2OC(CO)C(O)C(O)C2O)C(O)C1O)C(O)/C=C/CC/C=C/CC/C=C/CCCCCCCCCCCCCCCC. The van der Waals surface area contributed by atoms with Gasteiger partial charge >= 0.3 is 0 Å². The number of allylic oxidation sites excluding steroid dienone is 13. The lowest BCUT2D eigenvalue weighted by atomic mass is 9.97. The molecule has 1 amide bonds. The lowest BCUT2D eigenvalue weighted by Crippen LogP contribution is -2.65. The van der Waals surface area contributed by atoms with Gasteiger partial charge in [0.1, 0.15) is 48.8 Å². The molecule has 2 aliphatic rings. The molecule has 0 aromatic heterocycles. The predicted molar refractivity (Wildman–Crippen MR) is 383 cm³/mol. The molecule has 12 atom stereocenters. The van der Waals surface area contributed by atoms with Crippen LogP contribution < -0.4 is 5.32 Å². The van der Waals surface area contributed by atoms with Gasteiger partial charge in [-0.15, -0.1) is 0 Å². The summed E-state index contributed by atoms with van der Waals surface area (Å²) in [5.41, 5.74) is 0. The van der Waals surface area contributed by atoms with Gasteiger partial charge in [-0.3, -0.25) is 4.79 Å². The Morgan fingerprint density at radius 1 is 0.398 bits per heavy atom. The molecular weight excluding hydrogens is 1170 g/mol. The molecule has 0 aliphatic carbocycles. The van der Waals surface area contributed by atoms with Crippen molar-refractivity contribution >= 4 is 5.91 Å². The number of carbonyl (C=O) groups is 1. The average Bonchev–Trinajstić information content (AvgIpc) is 0.854. The first-order chi connectivity index (χ1) is 45.6. The van der Waals surface area contributed by atoms with Crippen LogP contribution in [0.3, 0.4) is 0 Å². The molecule has 2 saturated heterocycles. The van der Waals surface area contributed by atoms with E-state index in [4.69, 9.17) is 18.9 Å². The lowest BCUT2D eigenvalue weighted by Gasteiger charge is -2.46. The Morgan fingerprint density at radius 2 is 0.753 bits per heavy atom. The van der Waals surface area contributed by atoms with Crippen molar-refractivity contribution in [2.75, 3.05) is 19.8 Å². The monoisotopic (exact) mass is 1310 g/mol. The van der Waals surface area contributed by atoms with Crippen LogP contribution in [0.2, 0.25) is 0 Å². The van der Waals surface area contributed by atoms with Gasteiger partial charge in [0.05, 0.1) is 32.0 Å². The Bertz CT molecular complexity index is 1890. The fourth-order valence-electron chi connectivity index (χ4n) is 12.3. The standard InChI is InChI=1S/C79H141NO13/c1-3-5-7-9-11-13-15-17-19-21-23-25-27-29-30-31-32-33-34-35-36-37-38-39-41-43-45-47-49-51-53-55-57-59-61-63-71(84)80-67(66-90-78-76(89)74(87)77(70(65-82)92-78)93-79-75(88)73(86)72(85)69(64-81)91-79)68(83)62-60-58-56-54-52-50-48-46-44-42-40-28-26-24-22-20-18-16-14-12-10-8-6-4-2/h5,7,11,13,17,19,23,25,44,46,52,54,60,62,67-70,72-79,81-83,85-89H,3-4,6,8-10,12,14-16,18,20-22,24,26-43,45,47-51,53,55-59,61,63-66H2,1-2H3,(H,80,84)/b7-5-,13-11-,19-17-,25-23-,46-44+,54-52+,62-60+. The van der Waals surface area contributed by atoms with E-state index in [1.54, 1.807) is 6.08 Å². The number of unbranched alkanes of at least 4 members (excludes halogenated alkanes) is 38. The van der Waals surface area contributed by atoms with Crippen LogP contribution in [0.15, 0.2) is 85.1 Å². The van der Waals surface area contributed by atoms with Gasteiger partial charge in [-0.2, -0.15) is 0 Å². The van der Waals surface area contributed by atoms with E-state index in [0.29, 0.717) is 12.8 Å². The fourth-order valence-corrected chi connectivity index (χ4v) is 12.3. The van der Waals surface area contributed by atoms with Gasteiger partial charge in [-0.05, 0) is 83.5 Å². The molecule has 0 spiro atoms. The molecule has 0 bridgehead atoms. The van der Waals surface area contributed by atoms with Crippen LogP contribution in [-0.2, 0) is 23.7 Å². The molecule has 93 heavy (non-hydrogen) atoms. The number of hydrogen-bond acceptors (Lipinski definition) is 13. The minimum Gasteiger partial charge on any atom is -0.394 e. The summed E-state index contributed by atoms with van der Waals surface area (Å²) in [6.45, 7) is 2.70. The molecule has 2 heterocycles. The highest BCUT2D eigenvalue weighted by atomic mass is 16.7. The van der Waals surface area contributed by atoms with Gasteiger partial charge in [0.15, 0.2) is 12.6 Å². The summed E-state index contributed by atoms with van der Waals surface area (Å²) in [6.07, 6.45) is 70.9. The van der Waals surface area contributed by atoms with Crippen LogP contribution in [0.25, 0.3) is 0 Å². The summed E-state index contributed by atoms with van der Waals surface area (Å²) >= 11 is 0. The molecule has 14 nitrogen and oxygen atoms in total. The third kappa shape index (κ3) is 46.1. The Balaban J connectivity index is 1.63. The zero-order valence-electron chi connectivity index (χ0n) is 59.0. The van der Waals surface area contributed by atoms with Crippen LogP contribution in [0.5, 0.6) is 0 Å². The van der Waals surface area contributed by atoms with E-state index in [1.165, 1.54) is 212 Å². The second-order valence-electron chi connectivity index (χ2n) is 26.7. The molecular formula is C79H141NO13. The number of rotatable bonds is 63. The van der Waals surface area contributed by atoms with E-state index in [2.05, 4.69) is 92.1 Å². The minimum absolute atomic E-state index is 0.250. The van der Waals surface area contributed by atoms with Crippen molar-refractivity contribution in [3.8, 4) is 0 Å². The van der Waals surface area contributed by atoms with Gasteiger partial charge in [0.25, 0.3) is 0 Å². The second-order valence-corrected chi connectivity index (χ2v) is 26.7. The van der Waals surface area contributed by atoms with E-state index in [1.807, 2.05) is 6.08 Å². The van der Waals surface area contributed by atoms with Crippen molar-refractivity contribution in [2.45, 2.75) is 389 Å². The maximum atomic E-state index is 13.4. The van der Waals surface area contributed by atoms with Crippen molar-refractivity contribution in [1.29, 1.82) is 0 Å². The van der Waals surface area contributed by atoms with Gasteiger partial charge in [0.2, 0.25) is 5.91 Å². The molecule has 9 N–H and O–H groups in total. The van der Waals surface area contributed by atoms with Gasteiger partial charge in [0, 0.05) is 6.42 Å². The van der Waals surface area contributed by atoms with Crippen LogP contribution in [0.1, 0.15) is 316 Å². The van der Waals surface area contributed by atoms with E-state index in [0.717, 1.165) is 70.6 Å². The highest BCUT2D eigenvalue weighted by Crippen LogP contribution is 2.30. The summed E-state index contributed by atoms with van der Waals surface area (Å²) in [4.78, 5) is 13.4. The summed E-state index contributed by atoms with van der Waals surface area (Å²) in [5.74, 6) is -0.250. The van der Waals surface area contributed by atoms with Gasteiger partial charge in [-0.25, -0.2) is 0 Å². The molecule has 540 valence electrons. The molecule has 0 radical (unpaired) electrons. The Kier molecular flexibility index (Phi) is 58.1. The van der Waals surface area contributed by atoms with Gasteiger partial charge < -0.3 is 65.1 Å². The normalized spacial score (nSPS) is 23.0. The fraction of sp³-hybridized carbons (Fsp3) is 0.810. The zero-order chi connectivity index (χ0) is 67.3. The number of nitrogens with one attached hydrogen (secondary N) is 1. The highest BCUT2D eigenvalue weighted by molar-refractivity contribution is 5.76. The van der Waals surface area contributed by atoms with E-state index in [-0.39, 0.29) is 18.9 Å². The third-order valence-corrected chi connectivity index (χ3v) is 18.3. The number of ether oxygens (including phenoxy) is 4. The van der Waals surface area contributed by atoms with Crippen molar-refractivity contribution < 1.29 is 64.6 Å². The quantitative estimate of drug-likeness (QED) is 0.0204. The Labute approximate surface area is 567 Å². The third-order valence-electron chi connectivity index (χ3n) is 18.3. The highest BCUT2D eigenvalue weighted by Gasteiger charge is 2.51. The van der Waals surface area contributed by atoms with Crippen molar-refractivity contribution in [3.05, 3.63) is 85.1 Å². The number of hydrogen-bond donors (Lipinski definition) is 9. The summed E-state index contributed by atoms with van der Waals surface area (Å²) in [5, 5.41) is 87.5. The summed E-state index contributed by atoms with van der Waals surface area (Å²) in [7, 11) is 0. The first-order valence-corrected chi connectivity index (χ1v) is 38.3. The molecule has 14 heteroatoms. The van der Waals surface area contributed by atoms with Gasteiger partial charge in [-0.1, -0.05) is 311 Å². The topological polar surface area (TPSA) is 228 Å². The minimum atomic E-state index is -1.80. The maximum Gasteiger partial charge on any atom is 0.220 e. The summed E-state index contributed by atoms with van der Waals surface area (Å²) < 4.78 is 22.9. The molecule has 0 saturated carbocycles. The largest absolute Gasteiger partial charge is 0.394 e. The lowest BCUT2D eigenvalue weighted by molar-refractivity contribution is -0.359. The Hall–Kier alpha value is -2.83. The molecule has 12 unspecified atom stereocenters. The zero-order valence-corrected chi connectivity index (χ0v) is 59.0. The first kappa shape index (κ1) is 86.3. The van der Waals surface area contributed by atoms with Crippen LogP contribution >= 0.6 is 0 Å². The van der Waals surface area contributed by atoms with Crippen molar-refractivity contribution in [1.82, 2.24) is 5.32 Å². The summed E-state index contributed by atoms with van der Waals surface area (Å²) in [6, 6.07) is -0.942. The molecule has 2 rings (SSSR count). The molecule has 0 aromatic carbocycles. The first-order valence-electron chi connectivity index (χ1n) is 38.3. The average molecular weight is 1310 g/mol.